The van der Waals surface area contributed by atoms with Crippen molar-refractivity contribution in [2.75, 3.05) is 0 Å². The molecule has 15 heavy (non-hydrogen) atoms. The van der Waals surface area contributed by atoms with E-state index in [1.54, 1.807) is 12.4 Å². The third-order valence-electron chi connectivity index (χ3n) is 2.85. The van der Waals surface area contributed by atoms with Crippen LogP contribution in [0.3, 0.4) is 0 Å². The molecule has 0 fully saturated rings. The molecule has 2 unspecified atom stereocenters. The van der Waals surface area contributed by atoms with Crippen LogP contribution in [-0.2, 0) is 11.2 Å². The van der Waals surface area contributed by atoms with Crippen molar-refractivity contribution in [2.45, 2.75) is 32.5 Å². The summed E-state index contributed by atoms with van der Waals surface area (Å²) >= 11 is 0. The molecule has 78 valence electrons. The van der Waals surface area contributed by atoms with Crippen LogP contribution in [0.5, 0.6) is 0 Å². The molecule has 1 aliphatic heterocycles. The predicted octanol–water partition coefficient (Wildman–Crippen LogP) is 1.75. The van der Waals surface area contributed by atoms with E-state index in [4.69, 9.17) is 4.74 Å². The average molecular weight is 203 g/mol. The topological polar surface area (TPSA) is 39.4 Å². The summed E-state index contributed by atoms with van der Waals surface area (Å²) in [6.45, 7) is 4.16. The van der Waals surface area contributed by atoms with Crippen LogP contribution in [-0.4, -0.2) is 20.5 Å². The Hall–Kier alpha value is -1.42. The fourth-order valence-corrected chi connectivity index (χ4v) is 2.29. The Morgan fingerprint density at radius 3 is 3.20 bits per heavy atom. The number of nitrogens with zero attached hydrogens (tertiary/aromatic N) is 3. The van der Waals surface area contributed by atoms with E-state index in [0.717, 1.165) is 17.8 Å². The molecular formula is C11H13N3O. The SMILES string of the molecule is CC1Cc2nc3cnccn3c2C(C)O1. The Morgan fingerprint density at radius 1 is 1.47 bits per heavy atom. The molecule has 0 radical (unpaired) electrons. The van der Waals surface area contributed by atoms with Crippen molar-refractivity contribution in [1.82, 2.24) is 14.4 Å². The predicted molar refractivity (Wildman–Crippen MR) is 55.7 cm³/mol. The highest BCUT2D eigenvalue weighted by Crippen LogP contribution is 2.29. The van der Waals surface area contributed by atoms with E-state index in [0.29, 0.717) is 0 Å². The van der Waals surface area contributed by atoms with Gasteiger partial charge in [0.1, 0.15) is 0 Å². The first-order valence-corrected chi connectivity index (χ1v) is 5.22. The fraction of sp³-hybridized carbons (Fsp3) is 0.455. The van der Waals surface area contributed by atoms with E-state index in [9.17, 15) is 0 Å². The van der Waals surface area contributed by atoms with E-state index in [1.165, 1.54) is 5.69 Å². The van der Waals surface area contributed by atoms with E-state index in [1.807, 2.05) is 6.20 Å². The number of imidazole rings is 1. The quantitative estimate of drug-likeness (QED) is 0.654. The van der Waals surface area contributed by atoms with Gasteiger partial charge < -0.3 is 4.74 Å². The van der Waals surface area contributed by atoms with Crippen molar-refractivity contribution in [2.24, 2.45) is 0 Å². The summed E-state index contributed by atoms with van der Waals surface area (Å²) in [5.41, 5.74) is 3.23. The Morgan fingerprint density at radius 2 is 2.33 bits per heavy atom. The van der Waals surface area contributed by atoms with Gasteiger partial charge in [0.25, 0.3) is 0 Å². The number of ether oxygens (including phenoxy) is 1. The van der Waals surface area contributed by atoms with E-state index in [-0.39, 0.29) is 12.2 Å². The summed E-state index contributed by atoms with van der Waals surface area (Å²) in [7, 11) is 0. The van der Waals surface area contributed by atoms with Crippen LogP contribution in [0.15, 0.2) is 18.6 Å². The second-order valence-electron chi connectivity index (χ2n) is 4.04. The zero-order chi connectivity index (χ0) is 10.4. The van der Waals surface area contributed by atoms with Crippen LogP contribution in [0, 0.1) is 0 Å². The average Bonchev–Trinajstić information content (AvgIpc) is 2.54. The molecule has 0 aliphatic carbocycles. The van der Waals surface area contributed by atoms with Crippen molar-refractivity contribution in [3.05, 3.63) is 30.0 Å². The molecule has 1 aliphatic rings. The number of hydrogen-bond acceptors (Lipinski definition) is 3. The lowest BCUT2D eigenvalue weighted by Gasteiger charge is -2.24. The monoisotopic (exact) mass is 203 g/mol. The highest BCUT2D eigenvalue weighted by Gasteiger charge is 2.26. The van der Waals surface area contributed by atoms with Crippen LogP contribution in [0.4, 0.5) is 0 Å². The van der Waals surface area contributed by atoms with Crippen LogP contribution < -0.4 is 0 Å². The molecule has 0 saturated heterocycles. The number of fused-ring (bicyclic) bond motifs is 3. The molecule has 3 heterocycles. The zero-order valence-corrected chi connectivity index (χ0v) is 8.84. The summed E-state index contributed by atoms with van der Waals surface area (Å²) in [5, 5.41) is 0. The smallest absolute Gasteiger partial charge is 0.155 e. The molecule has 2 aromatic rings. The molecule has 3 rings (SSSR count). The largest absolute Gasteiger partial charge is 0.369 e. The Kier molecular flexibility index (Phi) is 1.79. The first kappa shape index (κ1) is 8.85. The maximum absolute atomic E-state index is 5.80. The molecule has 0 spiro atoms. The van der Waals surface area contributed by atoms with Crippen LogP contribution in [0.1, 0.15) is 31.3 Å². The Balaban J connectivity index is 2.27. The van der Waals surface area contributed by atoms with Gasteiger partial charge in [0.05, 0.1) is 29.8 Å². The van der Waals surface area contributed by atoms with Gasteiger partial charge in [-0.25, -0.2) is 4.98 Å². The number of rotatable bonds is 0. The first-order chi connectivity index (χ1) is 7.25. The third-order valence-corrected chi connectivity index (χ3v) is 2.85. The van der Waals surface area contributed by atoms with Crippen LogP contribution in [0.25, 0.3) is 5.65 Å². The lowest BCUT2D eigenvalue weighted by atomic mass is 10.1. The number of aromatic nitrogens is 3. The Bertz CT molecular complexity index is 506. The van der Waals surface area contributed by atoms with Gasteiger partial charge in [-0.1, -0.05) is 0 Å². The van der Waals surface area contributed by atoms with Gasteiger partial charge in [-0.05, 0) is 13.8 Å². The van der Waals surface area contributed by atoms with Crippen molar-refractivity contribution >= 4 is 5.65 Å². The molecule has 0 bridgehead atoms. The molecule has 2 atom stereocenters. The molecule has 4 nitrogen and oxygen atoms in total. The molecule has 0 saturated carbocycles. The highest BCUT2D eigenvalue weighted by atomic mass is 16.5. The van der Waals surface area contributed by atoms with E-state index >= 15 is 0 Å². The standard InChI is InChI=1S/C11H13N3O/c1-7-5-9-11(8(2)15-7)14-4-3-12-6-10(14)13-9/h3-4,6-8H,5H2,1-2H3. The van der Waals surface area contributed by atoms with Crippen molar-refractivity contribution in [1.29, 1.82) is 0 Å². The molecular weight excluding hydrogens is 190 g/mol. The normalized spacial score (nSPS) is 25.5. The third kappa shape index (κ3) is 1.25. The second-order valence-corrected chi connectivity index (χ2v) is 4.04. The summed E-state index contributed by atoms with van der Waals surface area (Å²) in [6.07, 6.45) is 6.76. The molecule has 4 heteroatoms. The summed E-state index contributed by atoms with van der Waals surface area (Å²) in [4.78, 5) is 8.65. The Labute approximate surface area is 87.9 Å². The van der Waals surface area contributed by atoms with Crippen LogP contribution in [0.2, 0.25) is 0 Å². The molecule has 0 N–H and O–H groups in total. The minimum Gasteiger partial charge on any atom is -0.369 e. The van der Waals surface area contributed by atoms with Gasteiger partial charge in [0.15, 0.2) is 5.65 Å². The van der Waals surface area contributed by atoms with Gasteiger partial charge >= 0.3 is 0 Å². The highest BCUT2D eigenvalue weighted by molar-refractivity contribution is 5.42. The minimum atomic E-state index is 0.112. The minimum absolute atomic E-state index is 0.112. The molecule has 0 aromatic carbocycles. The van der Waals surface area contributed by atoms with Gasteiger partial charge in [-0.3, -0.25) is 9.38 Å². The van der Waals surface area contributed by atoms with Gasteiger partial charge in [-0.15, -0.1) is 0 Å². The zero-order valence-electron chi connectivity index (χ0n) is 8.84. The van der Waals surface area contributed by atoms with E-state index in [2.05, 4.69) is 28.2 Å². The molecule has 2 aromatic heterocycles. The van der Waals surface area contributed by atoms with Crippen molar-refractivity contribution < 1.29 is 4.74 Å². The van der Waals surface area contributed by atoms with Gasteiger partial charge in [0, 0.05) is 18.8 Å². The lowest BCUT2D eigenvalue weighted by Crippen LogP contribution is -2.22. The second kappa shape index (κ2) is 3.03. The van der Waals surface area contributed by atoms with Gasteiger partial charge in [0.2, 0.25) is 0 Å². The summed E-state index contributed by atoms with van der Waals surface area (Å²) in [5.74, 6) is 0. The molecule has 0 amide bonds. The fourth-order valence-electron chi connectivity index (χ4n) is 2.29. The summed E-state index contributed by atoms with van der Waals surface area (Å²) < 4.78 is 7.87. The van der Waals surface area contributed by atoms with Crippen molar-refractivity contribution in [3.8, 4) is 0 Å². The maximum Gasteiger partial charge on any atom is 0.155 e. The number of hydrogen-bond donors (Lipinski definition) is 0. The van der Waals surface area contributed by atoms with Gasteiger partial charge in [-0.2, -0.15) is 0 Å². The van der Waals surface area contributed by atoms with Crippen LogP contribution >= 0.6 is 0 Å². The van der Waals surface area contributed by atoms with Crippen molar-refractivity contribution in [3.63, 3.8) is 0 Å². The first-order valence-electron chi connectivity index (χ1n) is 5.22. The lowest BCUT2D eigenvalue weighted by molar-refractivity contribution is -0.00833. The van der Waals surface area contributed by atoms with E-state index < -0.39 is 0 Å². The summed E-state index contributed by atoms with van der Waals surface area (Å²) in [6, 6.07) is 0. The maximum atomic E-state index is 5.80.